The highest BCUT2D eigenvalue weighted by molar-refractivity contribution is 7.80. The summed E-state index contributed by atoms with van der Waals surface area (Å²) in [6.07, 6.45) is -0.101. The third kappa shape index (κ3) is 7.12. The van der Waals surface area contributed by atoms with E-state index in [4.69, 9.17) is 17.0 Å². The van der Waals surface area contributed by atoms with Crippen LogP contribution in [-0.2, 0) is 0 Å². The van der Waals surface area contributed by atoms with E-state index in [1.807, 2.05) is 32.9 Å². The van der Waals surface area contributed by atoms with E-state index in [1.165, 1.54) is 0 Å². The summed E-state index contributed by atoms with van der Waals surface area (Å²) in [6, 6.07) is 20.4. The van der Waals surface area contributed by atoms with Crippen molar-refractivity contribution in [3.05, 3.63) is 95.1 Å². The van der Waals surface area contributed by atoms with Crippen molar-refractivity contribution in [3.63, 3.8) is 0 Å². The van der Waals surface area contributed by atoms with Crippen LogP contribution in [0.25, 0.3) is 0 Å². The molecule has 8 nitrogen and oxygen atoms in total. The number of ether oxygens (including phenoxy) is 1. The van der Waals surface area contributed by atoms with Gasteiger partial charge in [-0.1, -0.05) is 30.3 Å². The van der Waals surface area contributed by atoms with Crippen LogP contribution >= 0.6 is 12.2 Å². The number of carbonyl (C=O) groups excluding carboxylic acids is 3. The molecular formula is C26H26N4O4S. The molecule has 0 heterocycles. The summed E-state index contributed by atoms with van der Waals surface area (Å²) in [5.74, 6) is -0.742. The Morgan fingerprint density at radius 2 is 1.40 bits per heavy atom. The van der Waals surface area contributed by atoms with Gasteiger partial charge in [-0.3, -0.25) is 30.6 Å². The number of hydrogen-bond acceptors (Lipinski definition) is 5. The molecule has 0 unspecified atom stereocenters. The van der Waals surface area contributed by atoms with Crippen molar-refractivity contribution in [1.29, 1.82) is 0 Å². The van der Waals surface area contributed by atoms with Gasteiger partial charge >= 0.3 is 0 Å². The molecular weight excluding hydrogens is 464 g/mol. The molecule has 0 aliphatic heterocycles. The molecule has 3 amide bonds. The van der Waals surface area contributed by atoms with E-state index >= 15 is 0 Å². The first-order valence-electron chi connectivity index (χ1n) is 10.9. The zero-order chi connectivity index (χ0) is 25.4. The van der Waals surface area contributed by atoms with Crippen LogP contribution in [0.2, 0.25) is 0 Å². The lowest BCUT2D eigenvalue weighted by atomic mass is 10.1. The Morgan fingerprint density at radius 3 is 2.06 bits per heavy atom. The van der Waals surface area contributed by atoms with E-state index < -0.39 is 11.8 Å². The molecule has 0 radical (unpaired) electrons. The van der Waals surface area contributed by atoms with Crippen molar-refractivity contribution in [2.45, 2.75) is 26.9 Å². The quantitative estimate of drug-likeness (QED) is 0.307. The van der Waals surface area contributed by atoms with Crippen molar-refractivity contribution in [2.75, 3.05) is 5.32 Å². The Kier molecular flexibility index (Phi) is 8.53. The minimum absolute atomic E-state index is 0.0789. The Morgan fingerprint density at radius 1 is 0.771 bits per heavy atom. The summed E-state index contributed by atoms with van der Waals surface area (Å²) < 4.78 is 5.65. The number of para-hydroxylation sites is 1. The molecule has 0 aliphatic carbocycles. The number of carbonyl (C=O) groups is 3. The molecule has 0 saturated heterocycles. The molecule has 0 aliphatic rings. The lowest BCUT2D eigenvalue weighted by molar-refractivity contribution is 0.0933. The van der Waals surface area contributed by atoms with Crippen LogP contribution in [0.1, 0.15) is 50.5 Å². The molecule has 9 heteroatoms. The molecule has 4 N–H and O–H groups in total. The zero-order valence-corrected chi connectivity index (χ0v) is 20.4. The van der Waals surface area contributed by atoms with Crippen molar-refractivity contribution in [3.8, 4) is 5.75 Å². The monoisotopic (exact) mass is 490 g/mol. The molecule has 0 spiro atoms. The topological polar surface area (TPSA) is 109 Å². The summed E-state index contributed by atoms with van der Waals surface area (Å²) in [4.78, 5) is 37.4. The van der Waals surface area contributed by atoms with Crippen LogP contribution in [0.4, 0.5) is 5.69 Å². The maximum absolute atomic E-state index is 12.6. The van der Waals surface area contributed by atoms with Gasteiger partial charge in [-0.2, -0.15) is 0 Å². The number of hydrogen-bond donors (Lipinski definition) is 4. The Labute approximate surface area is 209 Å². The molecule has 3 aromatic rings. The van der Waals surface area contributed by atoms with Gasteiger partial charge in [0.15, 0.2) is 5.11 Å². The standard InChI is InChI=1S/C26H26N4O4S/c1-16(2)34-22-11-7-6-10-21(22)25(33)28-26(35)30-29-23(31)18-12-14-19(15-13-18)27-24(32)20-9-5-4-8-17(20)3/h4-16H,1-3H3,(H,27,32)(H,29,31)(H2,28,30,33,35). The number of amides is 3. The predicted molar refractivity (Wildman–Crippen MR) is 138 cm³/mol. The first-order chi connectivity index (χ1) is 16.7. The van der Waals surface area contributed by atoms with Gasteiger partial charge in [-0.05, 0) is 81.0 Å². The molecule has 0 atom stereocenters. The van der Waals surface area contributed by atoms with E-state index in [1.54, 1.807) is 60.7 Å². The third-order valence-electron chi connectivity index (χ3n) is 4.81. The van der Waals surface area contributed by atoms with Crippen LogP contribution in [0.5, 0.6) is 5.75 Å². The van der Waals surface area contributed by atoms with Crippen LogP contribution in [0.15, 0.2) is 72.8 Å². The van der Waals surface area contributed by atoms with Gasteiger partial charge < -0.3 is 10.1 Å². The van der Waals surface area contributed by atoms with Crippen molar-refractivity contribution < 1.29 is 19.1 Å². The van der Waals surface area contributed by atoms with Crippen LogP contribution in [0, 0.1) is 6.92 Å². The SMILES string of the molecule is Cc1ccccc1C(=O)Nc1ccc(C(=O)NNC(=S)NC(=O)c2ccccc2OC(C)C)cc1. The molecule has 0 fully saturated rings. The van der Waals surface area contributed by atoms with E-state index in [9.17, 15) is 14.4 Å². The lowest BCUT2D eigenvalue weighted by Crippen LogP contribution is -2.48. The summed E-state index contributed by atoms with van der Waals surface area (Å²) in [6.45, 7) is 5.59. The summed E-state index contributed by atoms with van der Waals surface area (Å²) in [5.41, 5.74) is 7.58. The average Bonchev–Trinajstić information content (AvgIpc) is 2.83. The van der Waals surface area contributed by atoms with Crippen molar-refractivity contribution in [1.82, 2.24) is 16.2 Å². The second kappa shape index (κ2) is 11.8. The number of thiocarbonyl (C=S) groups is 1. The molecule has 0 aromatic heterocycles. The van der Waals surface area contributed by atoms with Gasteiger partial charge in [-0.25, -0.2) is 0 Å². The molecule has 3 rings (SSSR count). The van der Waals surface area contributed by atoms with Crippen molar-refractivity contribution >= 4 is 40.7 Å². The fourth-order valence-corrected chi connectivity index (χ4v) is 3.27. The molecule has 0 saturated carbocycles. The second-order valence-corrected chi connectivity index (χ2v) is 8.28. The lowest BCUT2D eigenvalue weighted by Gasteiger charge is -2.15. The zero-order valence-electron chi connectivity index (χ0n) is 19.5. The Bertz CT molecular complexity index is 1240. The van der Waals surface area contributed by atoms with Gasteiger partial charge in [0.1, 0.15) is 5.75 Å². The summed E-state index contributed by atoms with van der Waals surface area (Å²) >= 11 is 5.11. The smallest absolute Gasteiger partial charge is 0.269 e. The van der Waals surface area contributed by atoms with Gasteiger partial charge in [0, 0.05) is 16.8 Å². The van der Waals surface area contributed by atoms with Crippen molar-refractivity contribution in [2.24, 2.45) is 0 Å². The molecule has 35 heavy (non-hydrogen) atoms. The number of rotatable bonds is 6. The number of nitrogens with one attached hydrogen (secondary N) is 4. The van der Waals surface area contributed by atoms with Gasteiger partial charge in [-0.15, -0.1) is 0 Å². The van der Waals surface area contributed by atoms with Crippen LogP contribution < -0.4 is 26.2 Å². The summed E-state index contributed by atoms with van der Waals surface area (Å²) in [5, 5.41) is 5.23. The van der Waals surface area contributed by atoms with Gasteiger partial charge in [0.25, 0.3) is 17.7 Å². The minimum atomic E-state index is -0.471. The highest BCUT2D eigenvalue weighted by Gasteiger charge is 2.15. The van der Waals surface area contributed by atoms with E-state index in [-0.39, 0.29) is 17.1 Å². The fraction of sp³-hybridized carbons (Fsp3) is 0.154. The van der Waals surface area contributed by atoms with Gasteiger partial charge in [0.05, 0.1) is 11.7 Å². The van der Waals surface area contributed by atoms with Crippen LogP contribution in [-0.4, -0.2) is 28.9 Å². The summed E-state index contributed by atoms with van der Waals surface area (Å²) in [7, 11) is 0. The highest BCUT2D eigenvalue weighted by Crippen LogP contribution is 2.19. The highest BCUT2D eigenvalue weighted by atomic mass is 32.1. The number of aryl methyl sites for hydroxylation is 1. The first-order valence-corrected chi connectivity index (χ1v) is 11.3. The third-order valence-corrected chi connectivity index (χ3v) is 5.01. The maximum atomic E-state index is 12.6. The van der Waals surface area contributed by atoms with Gasteiger partial charge in [0.2, 0.25) is 0 Å². The first kappa shape index (κ1) is 25.4. The molecule has 180 valence electrons. The van der Waals surface area contributed by atoms with E-state index in [0.29, 0.717) is 28.1 Å². The number of benzene rings is 3. The minimum Gasteiger partial charge on any atom is -0.490 e. The maximum Gasteiger partial charge on any atom is 0.269 e. The Balaban J connectivity index is 1.52. The second-order valence-electron chi connectivity index (χ2n) is 7.87. The number of hydrazine groups is 1. The van der Waals surface area contributed by atoms with Crippen LogP contribution in [0.3, 0.4) is 0 Å². The Hall–Kier alpha value is -4.24. The average molecular weight is 491 g/mol. The fourth-order valence-electron chi connectivity index (χ4n) is 3.13. The normalized spacial score (nSPS) is 10.3. The van der Waals surface area contributed by atoms with E-state index in [0.717, 1.165) is 5.56 Å². The predicted octanol–water partition coefficient (Wildman–Crippen LogP) is 3.98. The largest absolute Gasteiger partial charge is 0.490 e. The number of anilines is 1. The van der Waals surface area contributed by atoms with E-state index in [2.05, 4.69) is 21.5 Å². The molecule has 3 aromatic carbocycles. The molecule has 0 bridgehead atoms.